The van der Waals surface area contributed by atoms with Crippen LogP contribution in [0.4, 0.5) is 5.95 Å². The van der Waals surface area contributed by atoms with Gasteiger partial charge in [0.25, 0.3) is 0 Å². The summed E-state index contributed by atoms with van der Waals surface area (Å²) in [4.78, 5) is 12.9. The fourth-order valence-corrected chi connectivity index (χ4v) is 3.42. The first-order valence-electron chi connectivity index (χ1n) is 8.00. The zero-order chi connectivity index (χ0) is 16.0. The van der Waals surface area contributed by atoms with Gasteiger partial charge in [0.2, 0.25) is 0 Å². The minimum absolute atomic E-state index is 0.157. The van der Waals surface area contributed by atoms with Crippen molar-refractivity contribution in [2.75, 3.05) is 11.9 Å². The molecule has 2 heterocycles. The second kappa shape index (κ2) is 5.23. The number of ketones is 1. The summed E-state index contributed by atoms with van der Waals surface area (Å²) in [5.74, 6) is 1.19. The lowest BCUT2D eigenvalue weighted by Crippen LogP contribution is -2.29. The van der Waals surface area contributed by atoms with Gasteiger partial charge in [0.1, 0.15) is 24.1 Å². The molecular formula is C19H20N3O+. The maximum absolute atomic E-state index is 12.9. The molecule has 0 amide bonds. The fraction of sp³-hybridized carbons (Fsp3) is 0.263. The molecule has 116 valence electrons. The summed E-state index contributed by atoms with van der Waals surface area (Å²) in [7, 11) is 0. The molecule has 0 atom stereocenters. The second-order valence-corrected chi connectivity index (χ2v) is 6.22. The number of hydrogen-bond donors (Lipinski definition) is 1. The molecule has 0 spiro atoms. The molecule has 0 saturated carbocycles. The van der Waals surface area contributed by atoms with Crippen LogP contribution in [0.15, 0.2) is 42.5 Å². The van der Waals surface area contributed by atoms with Crippen LogP contribution in [0.5, 0.6) is 0 Å². The molecule has 3 aromatic rings. The maximum atomic E-state index is 12.9. The van der Waals surface area contributed by atoms with Gasteiger partial charge in [-0.3, -0.25) is 10.1 Å². The van der Waals surface area contributed by atoms with Crippen molar-refractivity contribution in [2.45, 2.75) is 26.9 Å². The van der Waals surface area contributed by atoms with E-state index in [9.17, 15) is 4.79 Å². The Morgan fingerprint density at radius 1 is 1.22 bits per heavy atom. The van der Waals surface area contributed by atoms with Crippen molar-refractivity contribution >= 4 is 22.8 Å². The largest absolute Gasteiger partial charge is 0.359 e. The highest BCUT2D eigenvalue weighted by molar-refractivity contribution is 5.98. The summed E-state index contributed by atoms with van der Waals surface area (Å²) < 4.78 is 4.36. The molecule has 1 aromatic heterocycles. The Kier molecular flexibility index (Phi) is 3.18. The minimum atomic E-state index is 0.157. The first-order chi connectivity index (χ1) is 11.1. The molecule has 0 saturated heterocycles. The molecule has 1 aliphatic rings. The van der Waals surface area contributed by atoms with E-state index in [1.807, 2.05) is 44.2 Å². The number of nitrogens with one attached hydrogen (secondary N) is 1. The zero-order valence-electron chi connectivity index (χ0n) is 13.5. The Balaban J connectivity index is 1.79. The average molecular weight is 306 g/mol. The number of hydrogen-bond acceptors (Lipinski definition) is 2. The topological polar surface area (TPSA) is 37.9 Å². The number of Topliss-reactive ketones (excluding diaryl/α,β-unsaturated/α-hetero) is 1. The average Bonchev–Trinajstić information content (AvgIpc) is 3.13. The van der Waals surface area contributed by atoms with E-state index in [0.29, 0.717) is 6.54 Å². The molecule has 4 nitrogen and oxygen atoms in total. The van der Waals surface area contributed by atoms with Gasteiger partial charge in [-0.1, -0.05) is 29.8 Å². The van der Waals surface area contributed by atoms with Gasteiger partial charge in [0.05, 0.1) is 6.54 Å². The SMILES string of the molecule is Cc1ccc(C)c(C(=O)Cn2c3[n+](c4ccccc42)CCN3)c1. The lowest BCUT2D eigenvalue weighted by atomic mass is 10.0. The summed E-state index contributed by atoms with van der Waals surface area (Å²) in [5, 5.41) is 3.41. The van der Waals surface area contributed by atoms with Crippen molar-refractivity contribution in [3.63, 3.8) is 0 Å². The van der Waals surface area contributed by atoms with Crippen molar-refractivity contribution in [3.8, 4) is 0 Å². The van der Waals surface area contributed by atoms with Crippen molar-refractivity contribution in [2.24, 2.45) is 0 Å². The van der Waals surface area contributed by atoms with Gasteiger partial charge < -0.3 is 0 Å². The third kappa shape index (κ3) is 2.22. The Labute approximate surface area is 135 Å². The first-order valence-corrected chi connectivity index (χ1v) is 8.00. The van der Waals surface area contributed by atoms with Gasteiger partial charge in [-0.15, -0.1) is 0 Å². The van der Waals surface area contributed by atoms with Crippen molar-refractivity contribution < 1.29 is 9.36 Å². The van der Waals surface area contributed by atoms with E-state index in [0.717, 1.165) is 41.2 Å². The van der Waals surface area contributed by atoms with Crippen LogP contribution in [-0.4, -0.2) is 16.9 Å². The number of aryl methyl sites for hydroxylation is 2. The number of aromatic nitrogens is 2. The molecule has 0 fully saturated rings. The van der Waals surface area contributed by atoms with Crippen LogP contribution < -0.4 is 9.88 Å². The van der Waals surface area contributed by atoms with Crippen LogP contribution in [0.1, 0.15) is 21.5 Å². The number of carbonyl (C=O) groups is 1. The normalized spacial score (nSPS) is 13.1. The minimum Gasteiger partial charge on any atom is -0.291 e. The number of anilines is 1. The number of para-hydroxylation sites is 2. The van der Waals surface area contributed by atoms with E-state index in [-0.39, 0.29) is 5.78 Å². The van der Waals surface area contributed by atoms with E-state index in [1.165, 1.54) is 5.52 Å². The van der Waals surface area contributed by atoms with Gasteiger partial charge in [-0.2, -0.15) is 0 Å². The lowest BCUT2D eigenvalue weighted by Gasteiger charge is -2.06. The number of rotatable bonds is 3. The van der Waals surface area contributed by atoms with Gasteiger partial charge in [-0.05, 0) is 37.6 Å². The van der Waals surface area contributed by atoms with Gasteiger partial charge in [-0.25, -0.2) is 9.13 Å². The first kappa shape index (κ1) is 14.0. The van der Waals surface area contributed by atoms with E-state index in [1.54, 1.807) is 0 Å². The highest BCUT2D eigenvalue weighted by Crippen LogP contribution is 2.22. The van der Waals surface area contributed by atoms with E-state index < -0.39 is 0 Å². The molecule has 1 aliphatic heterocycles. The molecule has 0 bridgehead atoms. The number of imidazole rings is 1. The summed E-state index contributed by atoms with van der Waals surface area (Å²) in [6.45, 7) is 6.24. The Bertz CT molecular complexity index is 924. The summed E-state index contributed by atoms with van der Waals surface area (Å²) >= 11 is 0. The summed E-state index contributed by atoms with van der Waals surface area (Å²) in [6.07, 6.45) is 0. The number of fused-ring (bicyclic) bond motifs is 3. The van der Waals surface area contributed by atoms with Crippen LogP contribution in [0.3, 0.4) is 0 Å². The van der Waals surface area contributed by atoms with E-state index >= 15 is 0 Å². The Morgan fingerprint density at radius 2 is 2.04 bits per heavy atom. The highest BCUT2D eigenvalue weighted by atomic mass is 16.1. The lowest BCUT2D eigenvalue weighted by molar-refractivity contribution is -0.644. The van der Waals surface area contributed by atoms with Crippen molar-refractivity contribution in [1.29, 1.82) is 0 Å². The predicted molar refractivity (Wildman–Crippen MR) is 90.9 cm³/mol. The molecule has 0 aliphatic carbocycles. The van der Waals surface area contributed by atoms with Crippen LogP contribution in [-0.2, 0) is 13.1 Å². The van der Waals surface area contributed by atoms with Gasteiger partial charge >= 0.3 is 5.95 Å². The van der Waals surface area contributed by atoms with Crippen molar-refractivity contribution in [1.82, 2.24) is 4.57 Å². The molecule has 4 heteroatoms. The predicted octanol–water partition coefficient (Wildman–Crippen LogP) is 2.85. The monoisotopic (exact) mass is 306 g/mol. The van der Waals surface area contributed by atoms with E-state index in [2.05, 4.69) is 26.6 Å². The number of nitrogens with zero attached hydrogens (tertiary/aromatic N) is 2. The molecular weight excluding hydrogens is 286 g/mol. The third-order valence-electron chi connectivity index (χ3n) is 4.59. The molecule has 2 aromatic carbocycles. The van der Waals surface area contributed by atoms with E-state index in [4.69, 9.17) is 0 Å². The Hall–Kier alpha value is -2.62. The smallest absolute Gasteiger partial charge is 0.291 e. The second-order valence-electron chi connectivity index (χ2n) is 6.22. The standard InChI is InChI=1S/C19H19N3O/c1-13-7-8-14(2)15(11-13)18(23)12-22-17-6-4-3-5-16(17)21-10-9-20-19(21)22/h3-8,11H,9-10,12H2,1-2H3/p+1. The molecule has 0 radical (unpaired) electrons. The quantitative estimate of drug-likeness (QED) is 0.597. The van der Waals surface area contributed by atoms with Crippen LogP contribution in [0.2, 0.25) is 0 Å². The maximum Gasteiger partial charge on any atom is 0.359 e. The zero-order valence-corrected chi connectivity index (χ0v) is 13.5. The number of benzene rings is 2. The molecule has 23 heavy (non-hydrogen) atoms. The van der Waals surface area contributed by atoms with Crippen LogP contribution in [0, 0.1) is 13.8 Å². The summed E-state index contributed by atoms with van der Waals surface area (Å²) in [6, 6.07) is 14.3. The van der Waals surface area contributed by atoms with Gasteiger partial charge in [0, 0.05) is 5.56 Å². The van der Waals surface area contributed by atoms with Gasteiger partial charge in [0.15, 0.2) is 5.78 Å². The molecule has 1 N–H and O–H groups in total. The van der Waals surface area contributed by atoms with Crippen molar-refractivity contribution in [3.05, 3.63) is 59.2 Å². The van der Waals surface area contributed by atoms with Crippen LogP contribution >= 0.6 is 0 Å². The third-order valence-corrected chi connectivity index (χ3v) is 4.59. The molecule has 4 rings (SSSR count). The number of carbonyl (C=O) groups excluding carboxylic acids is 1. The Morgan fingerprint density at radius 3 is 2.91 bits per heavy atom. The van der Waals surface area contributed by atoms with Crippen LogP contribution in [0.25, 0.3) is 11.0 Å². The molecule has 0 unspecified atom stereocenters. The highest BCUT2D eigenvalue weighted by Gasteiger charge is 2.29. The summed E-state index contributed by atoms with van der Waals surface area (Å²) in [5.41, 5.74) is 5.26. The fourth-order valence-electron chi connectivity index (χ4n) is 3.42.